The molecule has 0 saturated heterocycles. The van der Waals surface area contributed by atoms with Crippen LogP contribution in [0.5, 0.6) is 11.5 Å². The van der Waals surface area contributed by atoms with Gasteiger partial charge in [0.1, 0.15) is 0 Å². The molecule has 0 aromatic heterocycles. The average Bonchev–Trinajstić information content (AvgIpc) is 2.43. The molecular weight excluding hydrogens is 230 g/mol. The molecule has 1 N–H and O–H groups in total. The van der Waals surface area contributed by atoms with Gasteiger partial charge in [-0.25, -0.2) is 0 Å². The van der Waals surface area contributed by atoms with Crippen LogP contribution in [0.1, 0.15) is 20.7 Å². The number of carbonyl (C=O) groups is 2. The Kier molecular flexibility index (Phi) is 2.34. The maximum Gasteiger partial charge on any atom is 0.153 e. The number of para-hydroxylation sites is 2. The molecule has 1 aliphatic heterocycles. The van der Waals surface area contributed by atoms with Gasteiger partial charge in [-0.1, -0.05) is 12.1 Å². The number of hydrogen-bond donors (Lipinski definition) is 1. The quantitative estimate of drug-likeness (QED) is 0.698. The Morgan fingerprint density at radius 1 is 0.944 bits per heavy atom. The Morgan fingerprint density at radius 2 is 1.78 bits per heavy atom. The summed E-state index contributed by atoms with van der Waals surface area (Å²) in [6.45, 7) is 0. The van der Waals surface area contributed by atoms with E-state index in [0.29, 0.717) is 40.9 Å². The van der Waals surface area contributed by atoms with Crippen molar-refractivity contribution in [3.8, 4) is 11.5 Å². The topological polar surface area (TPSA) is 55.4 Å². The zero-order valence-corrected chi connectivity index (χ0v) is 9.34. The molecule has 0 spiro atoms. The molecule has 0 fully saturated rings. The van der Waals surface area contributed by atoms with Crippen LogP contribution in [0, 0.1) is 0 Å². The molecule has 2 aromatic carbocycles. The van der Waals surface area contributed by atoms with Crippen molar-refractivity contribution in [2.75, 3.05) is 5.32 Å². The number of nitrogens with one attached hydrogen (secondary N) is 1. The lowest BCUT2D eigenvalue weighted by atomic mass is 10.0. The molecule has 1 heterocycles. The van der Waals surface area contributed by atoms with E-state index < -0.39 is 0 Å². The van der Waals surface area contributed by atoms with E-state index in [0.717, 1.165) is 5.69 Å². The van der Waals surface area contributed by atoms with Crippen molar-refractivity contribution in [1.29, 1.82) is 0 Å². The molecule has 1 aliphatic rings. The fourth-order valence-corrected chi connectivity index (χ4v) is 1.97. The molecule has 0 aliphatic carbocycles. The van der Waals surface area contributed by atoms with Gasteiger partial charge in [-0.15, -0.1) is 0 Å². The lowest BCUT2D eigenvalue weighted by Crippen LogP contribution is -2.07. The van der Waals surface area contributed by atoms with Crippen molar-refractivity contribution >= 4 is 23.9 Å². The van der Waals surface area contributed by atoms with Gasteiger partial charge >= 0.3 is 0 Å². The fourth-order valence-electron chi connectivity index (χ4n) is 1.97. The molecule has 4 nitrogen and oxygen atoms in total. The molecule has 88 valence electrons. The van der Waals surface area contributed by atoms with E-state index in [-0.39, 0.29) is 0 Å². The Hall–Kier alpha value is -2.62. The van der Waals surface area contributed by atoms with Crippen LogP contribution < -0.4 is 10.1 Å². The van der Waals surface area contributed by atoms with E-state index in [1.165, 1.54) is 0 Å². The highest BCUT2D eigenvalue weighted by atomic mass is 16.5. The lowest BCUT2D eigenvalue weighted by molar-refractivity contribution is 0.109. The smallest absolute Gasteiger partial charge is 0.153 e. The average molecular weight is 239 g/mol. The van der Waals surface area contributed by atoms with Gasteiger partial charge in [-0.2, -0.15) is 0 Å². The Morgan fingerprint density at radius 3 is 2.56 bits per heavy atom. The molecule has 0 atom stereocenters. The summed E-state index contributed by atoms with van der Waals surface area (Å²) in [7, 11) is 0. The SMILES string of the molecule is O=Cc1ccc2c(c1C=O)Nc1ccccc1O2. The number of aldehydes is 2. The molecule has 3 rings (SSSR count). The highest BCUT2D eigenvalue weighted by Gasteiger charge is 2.20. The summed E-state index contributed by atoms with van der Waals surface area (Å²) in [4.78, 5) is 22.0. The lowest BCUT2D eigenvalue weighted by Gasteiger charge is -2.23. The number of rotatable bonds is 2. The van der Waals surface area contributed by atoms with Crippen molar-refractivity contribution < 1.29 is 14.3 Å². The zero-order valence-electron chi connectivity index (χ0n) is 9.34. The molecule has 4 heteroatoms. The molecule has 0 unspecified atom stereocenters. The molecule has 0 radical (unpaired) electrons. The van der Waals surface area contributed by atoms with Gasteiger partial charge < -0.3 is 10.1 Å². The molecule has 18 heavy (non-hydrogen) atoms. The zero-order chi connectivity index (χ0) is 12.5. The standard InChI is InChI=1S/C14H9NO3/c16-7-9-5-6-13-14(10(9)8-17)15-11-3-1-2-4-12(11)18-13/h1-8,15H. The highest BCUT2D eigenvalue weighted by molar-refractivity contribution is 5.99. The van der Waals surface area contributed by atoms with Crippen molar-refractivity contribution in [1.82, 2.24) is 0 Å². The highest BCUT2D eigenvalue weighted by Crippen LogP contribution is 2.43. The minimum Gasteiger partial charge on any atom is -0.453 e. The van der Waals surface area contributed by atoms with Crippen LogP contribution in [0.25, 0.3) is 0 Å². The number of carbonyl (C=O) groups excluding carboxylic acids is 2. The van der Waals surface area contributed by atoms with E-state index in [1.54, 1.807) is 12.1 Å². The minimum atomic E-state index is 0.317. The van der Waals surface area contributed by atoms with Gasteiger partial charge in [0.25, 0.3) is 0 Å². The summed E-state index contributed by atoms with van der Waals surface area (Å²) >= 11 is 0. The van der Waals surface area contributed by atoms with Crippen LogP contribution in [0.2, 0.25) is 0 Å². The third-order valence-corrected chi connectivity index (χ3v) is 2.85. The third-order valence-electron chi connectivity index (χ3n) is 2.85. The van der Waals surface area contributed by atoms with Gasteiger partial charge in [0.05, 0.1) is 16.9 Å². The number of hydrogen-bond acceptors (Lipinski definition) is 4. The Bertz CT molecular complexity index is 649. The first-order valence-corrected chi connectivity index (χ1v) is 5.45. The summed E-state index contributed by atoms with van der Waals surface area (Å²) in [6, 6.07) is 10.7. The molecule has 0 amide bonds. The van der Waals surface area contributed by atoms with Gasteiger partial charge in [-0.3, -0.25) is 9.59 Å². The van der Waals surface area contributed by atoms with Crippen molar-refractivity contribution in [2.24, 2.45) is 0 Å². The van der Waals surface area contributed by atoms with E-state index in [9.17, 15) is 9.59 Å². The normalized spacial score (nSPS) is 11.6. The van der Waals surface area contributed by atoms with Gasteiger partial charge in [-0.05, 0) is 24.3 Å². The first-order chi connectivity index (χ1) is 8.83. The van der Waals surface area contributed by atoms with Crippen LogP contribution in [0.15, 0.2) is 36.4 Å². The predicted octanol–water partition coefficient (Wildman–Crippen LogP) is 3.16. The third kappa shape index (κ3) is 1.47. The second-order valence-electron chi connectivity index (χ2n) is 3.90. The number of fused-ring (bicyclic) bond motifs is 2. The Labute approximate surface area is 103 Å². The number of anilines is 2. The largest absolute Gasteiger partial charge is 0.453 e. The van der Waals surface area contributed by atoms with E-state index in [4.69, 9.17) is 4.74 Å². The summed E-state index contributed by atoms with van der Waals surface area (Å²) in [5, 5.41) is 3.12. The van der Waals surface area contributed by atoms with E-state index >= 15 is 0 Å². The Balaban J connectivity index is 2.18. The molecule has 0 saturated carbocycles. The van der Waals surface area contributed by atoms with Crippen molar-refractivity contribution in [3.63, 3.8) is 0 Å². The van der Waals surface area contributed by atoms with Crippen LogP contribution >= 0.6 is 0 Å². The van der Waals surface area contributed by atoms with Gasteiger partial charge in [0.15, 0.2) is 24.1 Å². The molecular formula is C14H9NO3. The molecule has 0 bridgehead atoms. The van der Waals surface area contributed by atoms with Crippen molar-refractivity contribution in [2.45, 2.75) is 0 Å². The maximum absolute atomic E-state index is 11.1. The predicted molar refractivity (Wildman–Crippen MR) is 67.0 cm³/mol. The monoisotopic (exact) mass is 239 g/mol. The summed E-state index contributed by atoms with van der Waals surface area (Å²) in [5.74, 6) is 1.24. The summed E-state index contributed by atoms with van der Waals surface area (Å²) < 4.78 is 5.68. The summed E-state index contributed by atoms with van der Waals surface area (Å²) in [6.07, 6.45) is 1.32. The van der Waals surface area contributed by atoms with Crippen LogP contribution in [-0.4, -0.2) is 12.6 Å². The van der Waals surface area contributed by atoms with Crippen molar-refractivity contribution in [3.05, 3.63) is 47.5 Å². The van der Waals surface area contributed by atoms with Gasteiger partial charge in [0, 0.05) is 5.56 Å². The van der Waals surface area contributed by atoms with E-state index in [1.807, 2.05) is 24.3 Å². The first kappa shape index (κ1) is 10.5. The second kappa shape index (κ2) is 4.00. The van der Waals surface area contributed by atoms with Crippen LogP contribution in [-0.2, 0) is 0 Å². The maximum atomic E-state index is 11.1. The van der Waals surface area contributed by atoms with E-state index in [2.05, 4.69) is 5.32 Å². The number of ether oxygens (including phenoxy) is 1. The van der Waals surface area contributed by atoms with Crippen LogP contribution in [0.3, 0.4) is 0 Å². The minimum absolute atomic E-state index is 0.317. The van der Waals surface area contributed by atoms with Crippen LogP contribution in [0.4, 0.5) is 11.4 Å². The number of benzene rings is 2. The molecule has 2 aromatic rings. The summed E-state index contributed by atoms with van der Waals surface area (Å²) in [5.41, 5.74) is 1.97. The fraction of sp³-hybridized carbons (Fsp3) is 0. The second-order valence-corrected chi connectivity index (χ2v) is 3.90. The first-order valence-electron chi connectivity index (χ1n) is 5.45. The van der Waals surface area contributed by atoms with Gasteiger partial charge in [0.2, 0.25) is 0 Å².